The van der Waals surface area contributed by atoms with Crippen molar-refractivity contribution in [3.63, 3.8) is 0 Å². The monoisotopic (exact) mass is 235 g/mol. The number of ether oxygens (including phenoxy) is 1. The zero-order chi connectivity index (χ0) is 12.5. The van der Waals surface area contributed by atoms with Gasteiger partial charge < -0.3 is 10.1 Å². The maximum absolute atomic E-state index is 11.4. The van der Waals surface area contributed by atoms with Crippen LogP contribution in [-0.2, 0) is 4.79 Å². The Labute approximate surface area is 103 Å². The van der Waals surface area contributed by atoms with Gasteiger partial charge in [0.05, 0.1) is 6.61 Å². The molecule has 3 heteroatoms. The minimum atomic E-state index is 0.0622. The van der Waals surface area contributed by atoms with Crippen molar-refractivity contribution >= 4 is 11.6 Å². The van der Waals surface area contributed by atoms with Crippen LogP contribution in [0.2, 0.25) is 0 Å². The van der Waals surface area contributed by atoms with Gasteiger partial charge in [0.15, 0.2) is 0 Å². The van der Waals surface area contributed by atoms with Gasteiger partial charge in [-0.05, 0) is 37.1 Å². The zero-order valence-corrected chi connectivity index (χ0v) is 10.7. The molecule has 17 heavy (non-hydrogen) atoms. The summed E-state index contributed by atoms with van der Waals surface area (Å²) in [6.45, 7) is 4.87. The lowest BCUT2D eigenvalue weighted by molar-refractivity contribution is -0.116. The summed E-state index contributed by atoms with van der Waals surface area (Å²) in [6.07, 6.45) is 3.62. The van der Waals surface area contributed by atoms with Crippen molar-refractivity contribution in [1.82, 2.24) is 0 Å². The zero-order valence-electron chi connectivity index (χ0n) is 10.7. The number of hydrogen-bond acceptors (Lipinski definition) is 2. The van der Waals surface area contributed by atoms with Gasteiger partial charge >= 0.3 is 0 Å². The largest absolute Gasteiger partial charge is 0.494 e. The van der Waals surface area contributed by atoms with Gasteiger partial charge in [0, 0.05) is 12.1 Å². The second-order valence-corrected chi connectivity index (χ2v) is 4.02. The summed E-state index contributed by atoms with van der Waals surface area (Å²) in [7, 11) is 0. The molecule has 1 aromatic rings. The fraction of sp³-hybridized carbons (Fsp3) is 0.500. The molecule has 0 radical (unpaired) electrons. The number of hydrogen-bond donors (Lipinski definition) is 1. The Kier molecular flexibility index (Phi) is 6.15. The summed E-state index contributed by atoms with van der Waals surface area (Å²) < 4.78 is 5.54. The van der Waals surface area contributed by atoms with E-state index in [1.54, 1.807) is 0 Å². The minimum absolute atomic E-state index is 0.0622. The molecule has 0 saturated carbocycles. The van der Waals surface area contributed by atoms with Gasteiger partial charge in [-0.2, -0.15) is 0 Å². The number of amides is 1. The van der Waals surface area contributed by atoms with Crippen molar-refractivity contribution in [2.75, 3.05) is 11.9 Å². The predicted octanol–water partition coefficient (Wildman–Crippen LogP) is 3.60. The van der Waals surface area contributed by atoms with Gasteiger partial charge in [0.1, 0.15) is 5.75 Å². The third-order valence-electron chi connectivity index (χ3n) is 2.38. The first-order valence-electron chi connectivity index (χ1n) is 6.29. The van der Waals surface area contributed by atoms with Crippen molar-refractivity contribution in [1.29, 1.82) is 0 Å². The van der Waals surface area contributed by atoms with E-state index >= 15 is 0 Å². The number of carbonyl (C=O) groups excluding carboxylic acids is 1. The van der Waals surface area contributed by atoms with E-state index in [1.807, 2.05) is 31.2 Å². The lowest BCUT2D eigenvalue weighted by Gasteiger charge is -2.07. The number of benzene rings is 1. The van der Waals surface area contributed by atoms with E-state index in [0.29, 0.717) is 6.42 Å². The molecule has 0 aliphatic rings. The molecule has 0 aromatic heterocycles. The van der Waals surface area contributed by atoms with Crippen molar-refractivity contribution < 1.29 is 9.53 Å². The fourth-order valence-electron chi connectivity index (χ4n) is 1.42. The number of carbonyl (C=O) groups is 1. The number of anilines is 1. The van der Waals surface area contributed by atoms with Gasteiger partial charge in [0.25, 0.3) is 0 Å². The highest BCUT2D eigenvalue weighted by molar-refractivity contribution is 5.90. The minimum Gasteiger partial charge on any atom is -0.494 e. The number of unbranched alkanes of at least 4 members (excludes halogenated alkanes) is 1. The highest BCUT2D eigenvalue weighted by Gasteiger charge is 2.00. The summed E-state index contributed by atoms with van der Waals surface area (Å²) in [4.78, 5) is 11.4. The van der Waals surface area contributed by atoms with E-state index in [2.05, 4.69) is 12.2 Å². The van der Waals surface area contributed by atoms with E-state index in [0.717, 1.165) is 37.3 Å². The van der Waals surface area contributed by atoms with E-state index in [-0.39, 0.29) is 5.91 Å². The van der Waals surface area contributed by atoms with Crippen LogP contribution in [0.25, 0.3) is 0 Å². The molecule has 3 nitrogen and oxygen atoms in total. The first-order valence-corrected chi connectivity index (χ1v) is 6.29. The van der Waals surface area contributed by atoms with E-state index < -0.39 is 0 Å². The van der Waals surface area contributed by atoms with Crippen molar-refractivity contribution in [3.8, 4) is 5.75 Å². The molecule has 0 bridgehead atoms. The van der Waals surface area contributed by atoms with Gasteiger partial charge in [-0.15, -0.1) is 0 Å². The Morgan fingerprint density at radius 1 is 1.18 bits per heavy atom. The first kappa shape index (κ1) is 13.6. The predicted molar refractivity (Wildman–Crippen MR) is 70.4 cm³/mol. The van der Waals surface area contributed by atoms with Crippen LogP contribution in [0.3, 0.4) is 0 Å². The lowest BCUT2D eigenvalue weighted by Crippen LogP contribution is -2.10. The van der Waals surface area contributed by atoms with Gasteiger partial charge in [-0.25, -0.2) is 0 Å². The van der Waals surface area contributed by atoms with Crippen LogP contribution in [0, 0.1) is 0 Å². The molecule has 1 rings (SSSR count). The van der Waals surface area contributed by atoms with E-state index in [9.17, 15) is 4.79 Å². The topological polar surface area (TPSA) is 38.3 Å². The second-order valence-electron chi connectivity index (χ2n) is 4.02. The second kappa shape index (κ2) is 7.71. The SMILES string of the molecule is CCCCOc1ccc(NC(=O)CCC)cc1. The van der Waals surface area contributed by atoms with Crippen LogP contribution < -0.4 is 10.1 Å². The lowest BCUT2D eigenvalue weighted by atomic mass is 10.2. The van der Waals surface area contributed by atoms with Crippen LogP contribution in [0.15, 0.2) is 24.3 Å². The highest BCUT2D eigenvalue weighted by atomic mass is 16.5. The molecule has 0 fully saturated rings. The van der Waals surface area contributed by atoms with Crippen LogP contribution in [0.4, 0.5) is 5.69 Å². The third-order valence-corrected chi connectivity index (χ3v) is 2.38. The van der Waals surface area contributed by atoms with Crippen LogP contribution in [0.1, 0.15) is 39.5 Å². The van der Waals surface area contributed by atoms with Crippen molar-refractivity contribution in [3.05, 3.63) is 24.3 Å². The van der Waals surface area contributed by atoms with Gasteiger partial charge in [-0.3, -0.25) is 4.79 Å². The molecule has 0 saturated heterocycles. The molecule has 1 N–H and O–H groups in total. The van der Waals surface area contributed by atoms with Crippen molar-refractivity contribution in [2.45, 2.75) is 39.5 Å². The normalized spacial score (nSPS) is 10.0. The Balaban J connectivity index is 2.41. The van der Waals surface area contributed by atoms with Crippen LogP contribution >= 0.6 is 0 Å². The highest BCUT2D eigenvalue weighted by Crippen LogP contribution is 2.16. The smallest absolute Gasteiger partial charge is 0.224 e. The molecule has 0 aliphatic heterocycles. The molecule has 0 aliphatic carbocycles. The Morgan fingerprint density at radius 2 is 1.88 bits per heavy atom. The number of rotatable bonds is 7. The Hall–Kier alpha value is -1.51. The van der Waals surface area contributed by atoms with E-state index in [4.69, 9.17) is 4.74 Å². The molecular weight excluding hydrogens is 214 g/mol. The fourth-order valence-corrected chi connectivity index (χ4v) is 1.42. The molecule has 0 atom stereocenters. The first-order chi connectivity index (χ1) is 8.26. The average molecular weight is 235 g/mol. The summed E-state index contributed by atoms with van der Waals surface area (Å²) in [5.41, 5.74) is 0.825. The quantitative estimate of drug-likeness (QED) is 0.733. The molecular formula is C14H21NO2. The molecule has 0 heterocycles. The van der Waals surface area contributed by atoms with Crippen molar-refractivity contribution in [2.24, 2.45) is 0 Å². The van der Waals surface area contributed by atoms with E-state index in [1.165, 1.54) is 0 Å². The molecule has 1 amide bonds. The van der Waals surface area contributed by atoms with Crippen LogP contribution in [0.5, 0.6) is 5.75 Å². The Bertz CT molecular complexity index is 333. The standard InChI is InChI=1S/C14H21NO2/c1-3-5-11-17-13-9-7-12(8-10-13)15-14(16)6-4-2/h7-10H,3-6,11H2,1-2H3,(H,15,16). The Morgan fingerprint density at radius 3 is 2.47 bits per heavy atom. The average Bonchev–Trinajstić information content (AvgIpc) is 2.32. The van der Waals surface area contributed by atoms with Crippen LogP contribution in [-0.4, -0.2) is 12.5 Å². The molecule has 94 valence electrons. The number of nitrogens with one attached hydrogen (secondary N) is 1. The molecule has 1 aromatic carbocycles. The third kappa shape index (κ3) is 5.38. The van der Waals surface area contributed by atoms with Gasteiger partial charge in [-0.1, -0.05) is 20.3 Å². The summed E-state index contributed by atoms with van der Waals surface area (Å²) in [6, 6.07) is 7.51. The summed E-state index contributed by atoms with van der Waals surface area (Å²) in [5.74, 6) is 0.916. The maximum Gasteiger partial charge on any atom is 0.224 e. The van der Waals surface area contributed by atoms with Gasteiger partial charge in [0.2, 0.25) is 5.91 Å². The maximum atomic E-state index is 11.4. The summed E-state index contributed by atoms with van der Waals surface area (Å²) >= 11 is 0. The molecule has 0 spiro atoms. The molecule has 0 unspecified atom stereocenters. The summed E-state index contributed by atoms with van der Waals surface area (Å²) in [5, 5.41) is 2.84.